The minimum Gasteiger partial charge on any atom is -0.336 e. The summed E-state index contributed by atoms with van der Waals surface area (Å²) in [4.78, 5) is 11.2. The van der Waals surface area contributed by atoms with Crippen LogP contribution in [0.3, 0.4) is 0 Å². The minimum absolute atomic E-state index is 0.212. The Labute approximate surface area is 71.7 Å². The van der Waals surface area contributed by atoms with Crippen molar-refractivity contribution in [3.8, 4) is 6.07 Å². The van der Waals surface area contributed by atoms with Gasteiger partial charge in [0.05, 0.1) is 12.1 Å². The van der Waals surface area contributed by atoms with Gasteiger partial charge in [-0.1, -0.05) is 6.92 Å². The second-order valence-electron chi connectivity index (χ2n) is 3.20. The molecule has 1 aliphatic rings. The first-order valence-electron chi connectivity index (χ1n) is 4.12. The molecule has 0 aromatic carbocycles. The Hall–Kier alpha value is -1.08. The standard InChI is InChI=1S/C8H13N3O/c1-2-6(10)7(12)11-8(5-9)3-4-8/h6H,2-4,10H2,1H3,(H,11,12)/t6-/m0/s1. The third kappa shape index (κ3) is 1.74. The lowest BCUT2D eigenvalue weighted by atomic mass is 10.2. The summed E-state index contributed by atoms with van der Waals surface area (Å²) in [6, 6.07) is 1.60. The highest BCUT2D eigenvalue weighted by atomic mass is 16.2. The Kier molecular flexibility index (Phi) is 2.34. The smallest absolute Gasteiger partial charge is 0.238 e. The van der Waals surface area contributed by atoms with Crippen molar-refractivity contribution in [3.63, 3.8) is 0 Å². The average molecular weight is 167 g/mol. The molecule has 0 radical (unpaired) electrons. The van der Waals surface area contributed by atoms with Crippen molar-refractivity contribution >= 4 is 5.91 Å². The van der Waals surface area contributed by atoms with Gasteiger partial charge in [0.2, 0.25) is 5.91 Å². The van der Waals surface area contributed by atoms with Crippen molar-refractivity contribution in [2.45, 2.75) is 37.8 Å². The van der Waals surface area contributed by atoms with E-state index in [4.69, 9.17) is 11.0 Å². The Bertz CT molecular complexity index is 227. The molecule has 0 heterocycles. The number of nitrogens with zero attached hydrogens (tertiary/aromatic N) is 1. The maximum atomic E-state index is 11.2. The van der Waals surface area contributed by atoms with Crippen molar-refractivity contribution < 1.29 is 4.79 Å². The number of carbonyl (C=O) groups is 1. The number of rotatable bonds is 3. The van der Waals surface area contributed by atoms with Gasteiger partial charge in [0, 0.05) is 0 Å². The maximum Gasteiger partial charge on any atom is 0.238 e. The van der Waals surface area contributed by atoms with E-state index in [1.54, 1.807) is 0 Å². The van der Waals surface area contributed by atoms with Crippen molar-refractivity contribution in [1.82, 2.24) is 5.32 Å². The fraction of sp³-hybridized carbons (Fsp3) is 0.750. The molecule has 0 spiro atoms. The van der Waals surface area contributed by atoms with E-state index in [1.807, 2.05) is 6.92 Å². The van der Waals surface area contributed by atoms with Crippen LogP contribution in [0.25, 0.3) is 0 Å². The normalized spacial score (nSPS) is 20.8. The van der Waals surface area contributed by atoms with Crippen LogP contribution < -0.4 is 11.1 Å². The van der Waals surface area contributed by atoms with Crippen molar-refractivity contribution in [1.29, 1.82) is 5.26 Å². The lowest BCUT2D eigenvalue weighted by Crippen LogP contribution is -2.45. The molecule has 1 aliphatic carbocycles. The van der Waals surface area contributed by atoms with E-state index in [0.29, 0.717) is 6.42 Å². The first-order chi connectivity index (χ1) is 5.63. The van der Waals surface area contributed by atoms with Crippen LogP contribution in [-0.2, 0) is 4.79 Å². The molecule has 3 N–H and O–H groups in total. The van der Waals surface area contributed by atoms with E-state index in [-0.39, 0.29) is 5.91 Å². The Morgan fingerprint density at radius 3 is 2.75 bits per heavy atom. The van der Waals surface area contributed by atoms with Gasteiger partial charge in [0.1, 0.15) is 5.54 Å². The van der Waals surface area contributed by atoms with Crippen LogP contribution in [0.1, 0.15) is 26.2 Å². The summed E-state index contributed by atoms with van der Waals surface area (Å²) in [7, 11) is 0. The molecule has 12 heavy (non-hydrogen) atoms. The monoisotopic (exact) mass is 167 g/mol. The summed E-state index contributed by atoms with van der Waals surface area (Å²) in [5.74, 6) is -0.212. The Morgan fingerprint density at radius 1 is 1.83 bits per heavy atom. The van der Waals surface area contributed by atoms with Gasteiger partial charge in [0.15, 0.2) is 0 Å². The molecular weight excluding hydrogens is 154 g/mol. The van der Waals surface area contributed by atoms with Crippen LogP contribution in [0.5, 0.6) is 0 Å². The third-order valence-corrected chi connectivity index (χ3v) is 2.10. The molecule has 1 atom stereocenters. The highest BCUT2D eigenvalue weighted by Crippen LogP contribution is 2.34. The number of amides is 1. The molecule has 0 saturated heterocycles. The van der Waals surface area contributed by atoms with Gasteiger partial charge in [-0.2, -0.15) is 5.26 Å². The van der Waals surface area contributed by atoms with E-state index in [2.05, 4.69) is 11.4 Å². The van der Waals surface area contributed by atoms with E-state index in [0.717, 1.165) is 12.8 Å². The summed E-state index contributed by atoms with van der Waals surface area (Å²) in [6.45, 7) is 1.84. The number of nitrogens with two attached hydrogens (primary N) is 1. The van der Waals surface area contributed by atoms with Crippen molar-refractivity contribution in [2.75, 3.05) is 0 Å². The van der Waals surface area contributed by atoms with Gasteiger partial charge in [-0.3, -0.25) is 4.79 Å². The SMILES string of the molecule is CC[C@H](N)C(=O)NC1(C#N)CC1. The fourth-order valence-corrected chi connectivity index (χ4v) is 0.904. The number of nitriles is 1. The van der Waals surface area contributed by atoms with Crippen LogP contribution >= 0.6 is 0 Å². The summed E-state index contributed by atoms with van der Waals surface area (Å²) in [5.41, 5.74) is 4.91. The molecule has 0 aromatic heterocycles. The minimum atomic E-state index is -0.579. The molecule has 0 unspecified atom stereocenters. The van der Waals surface area contributed by atoms with E-state index in [1.165, 1.54) is 0 Å². The molecule has 4 heteroatoms. The average Bonchev–Trinajstić information content (AvgIpc) is 2.84. The molecule has 1 amide bonds. The van der Waals surface area contributed by atoms with E-state index < -0.39 is 11.6 Å². The Morgan fingerprint density at radius 2 is 2.42 bits per heavy atom. The van der Waals surface area contributed by atoms with Gasteiger partial charge in [0.25, 0.3) is 0 Å². The Balaban J connectivity index is 2.42. The maximum absolute atomic E-state index is 11.2. The van der Waals surface area contributed by atoms with Crippen LogP contribution in [0.4, 0.5) is 0 Å². The van der Waals surface area contributed by atoms with Crippen molar-refractivity contribution in [3.05, 3.63) is 0 Å². The first kappa shape index (κ1) is 9.01. The first-order valence-corrected chi connectivity index (χ1v) is 4.12. The summed E-state index contributed by atoms with van der Waals surface area (Å²) in [5, 5.41) is 11.3. The lowest BCUT2D eigenvalue weighted by Gasteiger charge is -2.12. The molecule has 66 valence electrons. The summed E-state index contributed by atoms with van der Waals surface area (Å²) >= 11 is 0. The molecule has 0 bridgehead atoms. The number of nitrogens with one attached hydrogen (secondary N) is 1. The van der Waals surface area contributed by atoms with Gasteiger partial charge in [-0.05, 0) is 19.3 Å². The molecule has 0 aliphatic heterocycles. The van der Waals surface area contributed by atoms with Gasteiger partial charge in [-0.15, -0.1) is 0 Å². The highest BCUT2D eigenvalue weighted by Gasteiger charge is 2.45. The van der Waals surface area contributed by atoms with E-state index >= 15 is 0 Å². The van der Waals surface area contributed by atoms with Gasteiger partial charge in [-0.25, -0.2) is 0 Å². The van der Waals surface area contributed by atoms with Gasteiger partial charge >= 0.3 is 0 Å². The molecule has 1 saturated carbocycles. The number of hydrogen-bond donors (Lipinski definition) is 2. The molecular formula is C8H13N3O. The zero-order chi connectivity index (χ0) is 9.19. The van der Waals surface area contributed by atoms with Crippen LogP contribution in [-0.4, -0.2) is 17.5 Å². The quantitative estimate of drug-likeness (QED) is 0.615. The zero-order valence-corrected chi connectivity index (χ0v) is 7.13. The van der Waals surface area contributed by atoms with Crippen molar-refractivity contribution in [2.24, 2.45) is 5.73 Å². The number of carbonyl (C=O) groups excluding carboxylic acids is 1. The van der Waals surface area contributed by atoms with Crippen LogP contribution in [0, 0.1) is 11.3 Å². The third-order valence-electron chi connectivity index (χ3n) is 2.10. The zero-order valence-electron chi connectivity index (χ0n) is 7.13. The van der Waals surface area contributed by atoms with Gasteiger partial charge < -0.3 is 11.1 Å². The fourth-order valence-electron chi connectivity index (χ4n) is 0.904. The van der Waals surface area contributed by atoms with Crippen LogP contribution in [0.2, 0.25) is 0 Å². The molecule has 4 nitrogen and oxygen atoms in total. The summed E-state index contributed by atoms with van der Waals surface area (Å²) < 4.78 is 0. The molecule has 1 rings (SSSR count). The molecule has 1 fully saturated rings. The van der Waals surface area contributed by atoms with Crippen LogP contribution in [0.15, 0.2) is 0 Å². The highest BCUT2D eigenvalue weighted by molar-refractivity contribution is 5.83. The van der Waals surface area contributed by atoms with E-state index in [9.17, 15) is 4.79 Å². The topological polar surface area (TPSA) is 78.9 Å². The number of hydrogen-bond acceptors (Lipinski definition) is 3. The second-order valence-corrected chi connectivity index (χ2v) is 3.20. The molecule has 0 aromatic rings. The predicted molar refractivity (Wildman–Crippen MR) is 44.0 cm³/mol. The summed E-state index contributed by atoms with van der Waals surface area (Å²) in [6.07, 6.45) is 2.12. The second kappa shape index (κ2) is 3.11. The lowest BCUT2D eigenvalue weighted by molar-refractivity contribution is -0.123. The predicted octanol–water partition coefficient (Wildman–Crippen LogP) is -0.104. The largest absolute Gasteiger partial charge is 0.336 e.